The van der Waals surface area contributed by atoms with Crippen LogP contribution in [0.2, 0.25) is 0 Å². The van der Waals surface area contributed by atoms with E-state index in [0.717, 1.165) is 10.6 Å². The predicted octanol–water partition coefficient (Wildman–Crippen LogP) is 0.321. The molecule has 0 aromatic heterocycles. The maximum atomic E-state index is 13.2. The number of hydrogen-bond donors (Lipinski definition) is 1. The highest BCUT2D eigenvalue weighted by atomic mass is 32.2. The number of sulfonamides is 1. The number of hydrogen-bond acceptors (Lipinski definition) is 5. The summed E-state index contributed by atoms with van der Waals surface area (Å²) in [6.07, 6.45) is 0.270. The van der Waals surface area contributed by atoms with Gasteiger partial charge in [-0.1, -0.05) is 0 Å². The van der Waals surface area contributed by atoms with Crippen LogP contribution in [0.1, 0.15) is 15.9 Å². The molecule has 144 valence electrons. The van der Waals surface area contributed by atoms with Crippen LogP contribution in [0.5, 0.6) is 0 Å². The first-order chi connectivity index (χ1) is 12.1. The summed E-state index contributed by atoms with van der Waals surface area (Å²) in [5, 5.41) is 8.88. The fourth-order valence-corrected chi connectivity index (χ4v) is 3.53. The summed E-state index contributed by atoms with van der Waals surface area (Å²) in [4.78, 5) is 25.0. The Bertz CT molecular complexity index is 798. The molecule has 1 amide bonds. The highest BCUT2D eigenvalue weighted by Gasteiger charge is 2.30. The van der Waals surface area contributed by atoms with Crippen LogP contribution in [0.15, 0.2) is 18.2 Å². The number of aliphatic carboxylic acids is 1. The molecule has 26 heavy (non-hydrogen) atoms. The molecule has 1 atom stereocenters. The van der Waals surface area contributed by atoms with E-state index in [9.17, 15) is 22.4 Å². The van der Waals surface area contributed by atoms with Crippen molar-refractivity contribution in [2.24, 2.45) is 0 Å². The number of rotatable bonds is 6. The summed E-state index contributed by atoms with van der Waals surface area (Å²) in [6.45, 7) is 1.40. The molecular weight excluding hydrogens is 367 g/mol. The van der Waals surface area contributed by atoms with Gasteiger partial charge in [-0.2, -0.15) is 4.31 Å². The molecule has 0 spiro atoms. The molecule has 8 nitrogen and oxygen atoms in total. The lowest BCUT2D eigenvalue weighted by molar-refractivity contribution is -0.137. The number of carboxylic acid groups (broad SMARTS) is 1. The molecule has 1 aromatic rings. The summed E-state index contributed by atoms with van der Waals surface area (Å²) >= 11 is 0. The van der Waals surface area contributed by atoms with E-state index in [0.29, 0.717) is 17.7 Å². The third kappa shape index (κ3) is 5.23. The fraction of sp³-hybridized carbons (Fsp3) is 0.500. The number of carboxylic acids is 1. The average molecular weight is 388 g/mol. The number of benzene rings is 1. The second-order valence-corrected chi connectivity index (χ2v) is 8.13. The molecule has 1 aliphatic rings. The number of morpholine rings is 1. The van der Waals surface area contributed by atoms with Gasteiger partial charge in [0.05, 0.1) is 19.0 Å². The van der Waals surface area contributed by atoms with E-state index < -0.39 is 34.5 Å². The predicted molar refractivity (Wildman–Crippen MR) is 90.8 cm³/mol. The van der Waals surface area contributed by atoms with Gasteiger partial charge in [0.15, 0.2) is 0 Å². The maximum Gasteiger partial charge on any atom is 0.318 e. The molecule has 2 rings (SSSR count). The number of carbonyl (C=O) groups excluding carboxylic acids is 1. The van der Waals surface area contributed by atoms with Crippen LogP contribution in [0.3, 0.4) is 0 Å². The monoisotopic (exact) mass is 388 g/mol. The van der Waals surface area contributed by atoms with Crippen LogP contribution >= 0.6 is 0 Å². The van der Waals surface area contributed by atoms with Gasteiger partial charge in [0.25, 0.3) is 5.91 Å². The van der Waals surface area contributed by atoms with E-state index in [1.165, 1.54) is 23.1 Å². The van der Waals surface area contributed by atoms with Gasteiger partial charge >= 0.3 is 5.97 Å². The Balaban J connectivity index is 2.10. The van der Waals surface area contributed by atoms with E-state index in [4.69, 9.17) is 9.84 Å². The smallest absolute Gasteiger partial charge is 0.318 e. The second kappa shape index (κ2) is 8.11. The largest absolute Gasteiger partial charge is 0.480 e. The number of carbonyl (C=O) groups is 2. The molecule has 1 aromatic carbocycles. The quantitative estimate of drug-likeness (QED) is 0.753. The summed E-state index contributed by atoms with van der Waals surface area (Å²) in [6, 6.07) is 3.88. The lowest BCUT2D eigenvalue weighted by atomic mass is 10.1. The van der Waals surface area contributed by atoms with Crippen LogP contribution < -0.4 is 0 Å². The number of amides is 1. The van der Waals surface area contributed by atoms with Crippen molar-refractivity contribution in [3.63, 3.8) is 0 Å². The summed E-state index contributed by atoms with van der Waals surface area (Å²) in [5.74, 6) is -2.02. The Hall–Kier alpha value is -2.04. The number of nitrogens with zero attached hydrogens (tertiary/aromatic N) is 2. The fourth-order valence-electron chi connectivity index (χ4n) is 2.75. The van der Waals surface area contributed by atoms with E-state index in [1.54, 1.807) is 6.92 Å². The third-order valence-electron chi connectivity index (χ3n) is 4.03. The number of aryl methyl sites for hydroxylation is 1. The first-order valence-electron chi connectivity index (χ1n) is 7.92. The Morgan fingerprint density at radius 2 is 2.12 bits per heavy atom. The van der Waals surface area contributed by atoms with Crippen LogP contribution in [0.4, 0.5) is 4.39 Å². The minimum absolute atomic E-state index is 0.112. The third-order valence-corrected chi connectivity index (χ3v) is 5.25. The first-order valence-corrected chi connectivity index (χ1v) is 9.76. The molecule has 0 bridgehead atoms. The molecule has 0 radical (unpaired) electrons. The van der Waals surface area contributed by atoms with Gasteiger partial charge in [-0.25, -0.2) is 12.8 Å². The minimum atomic E-state index is -3.73. The maximum absolute atomic E-state index is 13.2. The molecule has 0 saturated carbocycles. The summed E-state index contributed by atoms with van der Waals surface area (Å²) in [5.41, 5.74) is 0.860. The Morgan fingerprint density at radius 1 is 1.42 bits per heavy atom. The van der Waals surface area contributed by atoms with Crippen LogP contribution in [0, 0.1) is 12.7 Å². The van der Waals surface area contributed by atoms with Gasteiger partial charge in [-0.15, -0.1) is 0 Å². The van der Waals surface area contributed by atoms with E-state index in [1.807, 2.05) is 0 Å². The van der Waals surface area contributed by atoms with Crippen molar-refractivity contribution in [1.29, 1.82) is 0 Å². The molecule has 0 aliphatic carbocycles. The van der Waals surface area contributed by atoms with E-state index >= 15 is 0 Å². The Morgan fingerprint density at radius 3 is 2.69 bits per heavy atom. The van der Waals surface area contributed by atoms with Gasteiger partial charge < -0.3 is 14.7 Å². The molecule has 1 unspecified atom stereocenters. The van der Waals surface area contributed by atoms with Gasteiger partial charge in [-0.3, -0.25) is 9.59 Å². The summed E-state index contributed by atoms with van der Waals surface area (Å²) in [7, 11) is -3.73. The molecule has 10 heteroatoms. The van der Waals surface area contributed by atoms with Crippen molar-refractivity contribution in [3.05, 3.63) is 35.1 Å². The van der Waals surface area contributed by atoms with Gasteiger partial charge in [0.1, 0.15) is 12.4 Å². The molecule has 1 N–H and O–H groups in total. The van der Waals surface area contributed by atoms with Gasteiger partial charge in [0.2, 0.25) is 10.0 Å². The summed E-state index contributed by atoms with van der Waals surface area (Å²) < 4.78 is 43.0. The zero-order valence-corrected chi connectivity index (χ0v) is 15.3. The molecular formula is C16H21FN2O6S. The molecule has 1 saturated heterocycles. The number of halogens is 1. The van der Waals surface area contributed by atoms with Crippen molar-refractivity contribution >= 4 is 21.9 Å². The van der Waals surface area contributed by atoms with Gasteiger partial charge in [0, 0.05) is 25.2 Å². The molecule has 1 heterocycles. The lowest BCUT2D eigenvalue weighted by Crippen LogP contribution is -2.51. The molecule has 1 aliphatic heterocycles. The second-order valence-electron chi connectivity index (χ2n) is 6.15. The lowest BCUT2D eigenvalue weighted by Gasteiger charge is -2.35. The van der Waals surface area contributed by atoms with E-state index in [-0.39, 0.29) is 25.6 Å². The van der Waals surface area contributed by atoms with Crippen molar-refractivity contribution in [2.45, 2.75) is 13.0 Å². The average Bonchev–Trinajstić information content (AvgIpc) is 2.53. The topological polar surface area (TPSA) is 104 Å². The highest BCUT2D eigenvalue weighted by molar-refractivity contribution is 7.88. The Labute approximate surface area is 151 Å². The van der Waals surface area contributed by atoms with Crippen molar-refractivity contribution in [3.8, 4) is 0 Å². The Kier molecular flexibility index (Phi) is 6.32. The van der Waals surface area contributed by atoms with Crippen LogP contribution in [-0.4, -0.2) is 79.8 Å². The van der Waals surface area contributed by atoms with Crippen molar-refractivity contribution in [1.82, 2.24) is 9.21 Å². The number of ether oxygens (including phenoxy) is 1. The van der Waals surface area contributed by atoms with Crippen molar-refractivity contribution < 1.29 is 32.2 Å². The molecule has 1 fully saturated rings. The standard InChI is InChI=1S/C16H21FN2O6S/c1-11-7-12(17)3-4-14(11)16(22)18-5-6-25-13(8-18)9-19(10-15(20)21)26(2,23)24/h3-4,7,13H,5-6,8-10H2,1-2H3,(H,20,21). The zero-order valence-electron chi connectivity index (χ0n) is 14.5. The highest BCUT2D eigenvalue weighted by Crippen LogP contribution is 2.16. The van der Waals surface area contributed by atoms with Gasteiger partial charge in [-0.05, 0) is 30.7 Å². The minimum Gasteiger partial charge on any atom is -0.480 e. The van der Waals surface area contributed by atoms with E-state index in [2.05, 4.69) is 0 Å². The SMILES string of the molecule is Cc1cc(F)ccc1C(=O)N1CCOC(CN(CC(=O)O)S(C)(=O)=O)C1. The zero-order chi connectivity index (χ0) is 19.5. The van der Waals surface area contributed by atoms with Crippen LogP contribution in [-0.2, 0) is 19.6 Å². The van der Waals surface area contributed by atoms with Crippen molar-refractivity contribution in [2.75, 3.05) is 39.0 Å². The first kappa shape index (κ1) is 20.3. The van der Waals surface area contributed by atoms with Crippen LogP contribution in [0.25, 0.3) is 0 Å². The normalized spacial score (nSPS) is 18.2.